The van der Waals surface area contributed by atoms with Crippen LogP contribution in [-0.2, 0) is 20.3 Å². The lowest BCUT2D eigenvalue weighted by atomic mass is 10.2. The summed E-state index contributed by atoms with van der Waals surface area (Å²) in [7, 11) is -1.30. The Labute approximate surface area is 92.5 Å². The molecule has 0 bridgehead atoms. The maximum atomic E-state index is 11.8. The lowest BCUT2D eigenvalue weighted by Crippen LogP contribution is -2.30. The van der Waals surface area contributed by atoms with E-state index in [4.69, 9.17) is 9.84 Å². The summed E-state index contributed by atoms with van der Waals surface area (Å²) in [5, 5.41) is 8.19. The quantitative estimate of drug-likeness (QED) is 0.749. The lowest BCUT2D eigenvalue weighted by Gasteiger charge is -2.14. The highest BCUT2D eigenvalue weighted by molar-refractivity contribution is 7.86. The van der Waals surface area contributed by atoms with Crippen LogP contribution in [0.2, 0.25) is 0 Å². The summed E-state index contributed by atoms with van der Waals surface area (Å²) < 4.78 is 17.1. The molecule has 15 heavy (non-hydrogen) atoms. The molecule has 1 fully saturated rings. The molecule has 0 aromatic rings. The third-order valence-electron chi connectivity index (χ3n) is 2.52. The maximum absolute atomic E-state index is 11.8. The van der Waals surface area contributed by atoms with E-state index in [1.165, 1.54) is 0 Å². The van der Waals surface area contributed by atoms with Gasteiger partial charge in [-0.25, -0.2) is 0 Å². The second-order valence-corrected chi connectivity index (χ2v) is 5.46. The average molecular weight is 234 g/mol. The first-order valence-electron chi connectivity index (χ1n) is 5.36. The Balaban J connectivity index is 2.44. The summed E-state index contributed by atoms with van der Waals surface area (Å²) in [5.74, 6) is -0.579. The molecule has 0 amide bonds. The summed E-state index contributed by atoms with van der Waals surface area (Å²) in [6.07, 6.45) is 3.13. The Morgan fingerprint density at radius 1 is 1.67 bits per heavy atom. The van der Waals surface area contributed by atoms with Crippen LogP contribution < -0.4 is 0 Å². The van der Waals surface area contributed by atoms with Crippen LogP contribution in [0.15, 0.2) is 0 Å². The molecule has 3 atom stereocenters. The van der Waals surface area contributed by atoms with E-state index in [1.807, 2.05) is 6.92 Å². The molecule has 4 nitrogen and oxygen atoms in total. The Morgan fingerprint density at radius 2 is 2.40 bits per heavy atom. The third kappa shape index (κ3) is 3.91. The highest BCUT2D eigenvalue weighted by Crippen LogP contribution is 2.16. The molecular formula is C10H18O4S. The summed E-state index contributed by atoms with van der Waals surface area (Å²) in [4.78, 5) is 10.9. The van der Waals surface area contributed by atoms with Gasteiger partial charge in [0.2, 0.25) is 0 Å². The van der Waals surface area contributed by atoms with Crippen molar-refractivity contribution in [3.05, 3.63) is 0 Å². The van der Waals surface area contributed by atoms with Gasteiger partial charge in [-0.3, -0.25) is 9.00 Å². The summed E-state index contributed by atoms with van der Waals surface area (Å²) in [6.45, 7) is 2.62. The van der Waals surface area contributed by atoms with E-state index < -0.39 is 22.0 Å². The van der Waals surface area contributed by atoms with Gasteiger partial charge in [0.25, 0.3) is 0 Å². The minimum absolute atomic E-state index is 0.00420. The van der Waals surface area contributed by atoms with Gasteiger partial charge in [0, 0.05) is 17.4 Å². The molecule has 1 aliphatic rings. The van der Waals surface area contributed by atoms with Crippen molar-refractivity contribution in [1.29, 1.82) is 0 Å². The van der Waals surface area contributed by atoms with Crippen LogP contribution >= 0.6 is 0 Å². The average Bonchev–Trinajstić information content (AvgIpc) is 2.65. The zero-order valence-electron chi connectivity index (χ0n) is 8.98. The molecule has 1 aliphatic heterocycles. The SMILES string of the molecule is CCCC(C(=O)O)S(=O)CC1CCCO1. The van der Waals surface area contributed by atoms with Crippen LogP contribution in [0, 0.1) is 0 Å². The molecule has 0 aliphatic carbocycles. The van der Waals surface area contributed by atoms with Crippen molar-refractivity contribution in [3.63, 3.8) is 0 Å². The highest BCUT2D eigenvalue weighted by Gasteiger charge is 2.27. The molecule has 1 saturated heterocycles. The number of carbonyl (C=O) groups is 1. The fourth-order valence-electron chi connectivity index (χ4n) is 1.70. The largest absolute Gasteiger partial charge is 0.480 e. The summed E-state index contributed by atoms with van der Waals surface area (Å²) >= 11 is 0. The van der Waals surface area contributed by atoms with Gasteiger partial charge in [-0.2, -0.15) is 0 Å². The predicted octanol–water partition coefficient (Wildman–Crippen LogP) is 1.17. The van der Waals surface area contributed by atoms with Gasteiger partial charge in [0.1, 0.15) is 5.25 Å². The number of hydrogen-bond acceptors (Lipinski definition) is 3. The van der Waals surface area contributed by atoms with E-state index >= 15 is 0 Å². The number of ether oxygens (including phenoxy) is 1. The van der Waals surface area contributed by atoms with Crippen molar-refractivity contribution in [2.24, 2.45) is 0 Å². The molecule has 3 unspecified atom stereocenters. The number of carboxylic acid groups (broad SMARTS) is 1. The molecule has 88 valence electrons. The van der Waals surface area contributed by atoms with Crippen molar-refractivity contribution in [2.75, 3.05) is 12.4 Å². The molecule has 5 heteroatoms. The number of rotatable bonds is 6. The van der Waals surface area contributed by atoms with Crippen molar-refractivity contribution in [2.45, 2.75) is 44.0 Å². The molecule has 0 aromatic carbocycles. The molecule has 1 N–H and O–H groups in total. The van der Waals surface area contributed by atoms with Gasteiger partial charge >= 0.3 is 5.97 Å². The topological polar surface area (TPSA) is 63.6 Å². The second-order valence-electron chi connectivity index (χ2n) is 3.80. The van der Waals surface area contributed by atoms with E-state index in [1.54, 1.807) is 0 Å². The molecular weight excluding hydrogens is 216 g/mol. The van der Waals surface area contributed by atoms with Crippen LogP contribution in [0.3, 0.4) is 0 Å². The third-order valence-corrected chi connectivity index (χ3v) is 4.29. The van der Waals surface area contributed by atoms with Gasteiger partial charge in [-0.15, -0.1) is 0 Å². The van der Waals surface area contributed by atoms with E-state index in [0.717, 1.165) is 19.3 Å². The zero-order chi connectivity index (χ0) is 11.3. The number of hydrogen-bond donors (Lipinski definition) is 1. The fourth-order valence-corrected chi connectivity index (χ4v) is 3.29. The molecule has 0 radical (unpaired) electrons. The van der Waals surface area contributed by atoms with E-state index in [-0.39, 0.29) is 6.10 Å². The number of aliphatic carboxylic acids is 1. The van der Waals surface area contributed by atoms with Crippen LogP contribution in [0.4, 0.5) is 0 Å². The normalized spacial score (nSPS) is 25.0. The Kier molecular flexibility index (Phi) is 5.25. The van der Waals surface area contributed by atoms with Gasteiger partial charge in [0.05, 0.1) is 11.9 Å². The first-order chi connectivity index (χ1) is 7.15. The fraction of sp³-hybridized carbons (Fsp3) is 0.900. The molecule has 1 heterocycles. The first kappa shape index (κ1) is 12.6. The van der Waals surface area contributed by atoms with Crippen LogP contribution in [0.25, 0.3) is 0 Å². The van der Waals surface area contributed by atoms with Gasteiger partial charge in [0.15, 0.2) is 0 Å². The molecule has 0 spiro atoms. The van der Waals surface area contributed by atoms with Crippen molar-refractivity contribution < 1.29 is 18.8 Å². The second kappa shape index (κ2) is 6.23. The van der Waals surface area contributed by atoms with Gasteiger partial charge in [-0.05, 0) is 19.3 Å². The number of carboxylic acids is 1. The molecule has 1 rings (SSSR count). The molecule has 0 aromatic heterocycles. The highest BCUT2D eigenvalue weighted by atomic mass is 32.2. The summed E-state index contributed by atoms with van der Waals surface area (Å²) in [6, 6.07) is 0. The van der Waals surface area contributed by atoms with Gasteiger partial charge < -0.3 is 9.84 Å². The smallest absolute Gasteiger partial charge is 0.319 e. The minimum atomic E-state index is -1.30. The van der Waals surface area contributed by atoms with Crippen LogP contribution in [-0.4, -0.2) is 39.0 Å². The minimum Gasteiger partial charge on any atom is -0.480 e. The van der Waals surface area contributed by atoms with Crippen molar-refractivity contribution >= 4 is 16.8 Å². The standard InChI is InChI=1S/C10H18O4S/c1-2-4-9(10(11)12)15(13)7-8-5-3-6-14-8/h8-9H,2-7H2,1H3,(H,11,12). The van der Waals surface area contributed by atoms with Crippen molar-refractivity contribution in [1.82, 2.24) is 0 Å². The predicted molar refractivity (Wildman–Crippen MR) is 58.3 cm³/mol. The molecule has 0 saturated carbocycles. The first-order valence-corrected chi connectivity index (χ1v) is 6.75. The Morgan fingerprint density at radius 3 is 2.87 bits per heavy atom. The Hall–Kier alpha value is -0.420. The zero-order valence-corrected chi connectivity index (χ0v) is 9.79. The van der Waals surface area contributed by atoms with Crippen LogP contribution in [0.1, 0.15) is 32.6 Å². The van der Waals surface area contributed by atoms with Crippen LogP contribution in [0.5, 0.6) is 0 Å². The summed E-state index contributed by atoms with van der Waals surface area (Å²) in [5.41, 5.74) is 0. The van der Waals surface area contributed by atoms with E-state index in [2.05, 4.69) is 0 Å². The van der Waals surface area contributed by atoms with Gasteiger partial charge in [-0.1, -0.05) is 13.3 Å². The Bertz CT molecular complexity index is 236. The van der Waals surface area contributed by atoms with E-state index in [9.17, 15) is 9.00 Å². The maximum Gasteiger partial charge on any atom is 0.319 e. The van der Waals surface area contributed by atoms with Crippen molar-refractivity contribution in [3.8, 4) is 0 Å². The lowest BCUT2D eigenvalue weighted by molar-refractivity contribution is -0.136. The van der Waals surface area contributed by atoms with E-state index in [0.29, 0.717) is 18.8 Å². The monoisotopic (exact) mass is 234 g/mol.